The number of non-ortho nitro benzene ring substituents is 1. The van der Waals surface area contributed by atoms with Gasteiger partial charge in [-0.15, -0.1) is 0 Å². The van der Waals surface area contributed by atoms with E-state index in [1.54, 1.807) is 30.3 Å². The first-order valence-corrected chi connectivity index (χ1v) is 9.83. The fourth-order valence-corrected chi connectivity index (χ4v) is 3.24. The molecule has 33 heavy (non-hydrogen) atoms. The summed E-state index contributed by atoms with van der Waals surface area (Å²) in [6.45, 7) is 0. The molecule has 1 N–H and O–H groups in total. The molecule has 0 saturated carbocycles. The number of hydrazone groups is 1. The van der Waals surface area contributed by atoms with Gasteiger partial charge in [0.15, 0.2) is 0 Å². The van der Waals surface area contributed by atoms with Crippen molar-refractivity contribution in [3.05, 3.63) is 112 Å². The van der Waals surface area contributed by atoms with E-state index in [-0.39, 0.29) is 22.9 Å². The summed E-state index contributed by atoms with van der Waals surface area (Å²) in [7, 11) is 0. The largest absolute Gasteiger partial charge is 0.456 e. The predicted octanol–water partition coefficient (Wildman–Crippen LogP) is 5.18. The molecule has 8 heteroatoms. The van der Waals surface area contributed by atoms with E-state index in [1.807, 2.05) is 42.5 Å². The van der Waals surface area contributed by atoms with E-state index in [2.05, 4.69) is 10.5 Å². The first-order valence-electron chi connectivity index (χ1n) is 9.83. The second-order valence-corrected chi connectivity index (χ2v) is 6.95. The molecule has 0 aromatic heterocycles. The minimum atomic E-state index is -0.575. The number of ether oxygens (including phenoxy) is 1. The Morgan fingerprint density at radius 1 is 1.03 bits per heavy atom. The second kappa shape index (κ2) is 9.41. The van der Waals surface area contributed by atoms with Gasteiger partial charge >= 0.3 is 0 Å². The highest BCUT2D eigenvalue weighted by Gasteiger charge is 2.12. The van der Waals surface area contributed by atoms with Crippen LogP contribution >= 0.6 is 0 Å². The highest BCUT2D eigenvalue weighted by molar-refractivity contribution is 6.07. The van der Waals surface area contributed by atoms with Gasteiger partial charge < -0.3 is 4.74 Å². The van der Waals surface area contributed by atoms with Gasteiger partial charge in [0.2, 0.25) is 0 Å². The lowest BCUT2D eigenvalue weighted by Gasteiger charge is -2.08. The summed E-state index contributed by atoms with van der Waals surface area (Å²) in [4.78, 5) is 22.9. The van der Waals surface area contributed by atoms with Crippen LogP contribution in [0.2, 0.25) is 0 Å². The first-order chi connectivity index (χ1) is 16.0. The zero-order valence-corrected chi connectivity index (χ0v) is 17.1. The number of nitrogens with zero attached hydrogens (tertiary/aromatic N) is 3. The molecule has 0 radical (unpaired) electrons. The summed E-state index contributed by atoms with van der Waals surface area (Å²) in [5.41, 5.74) is 3.54. The molecule has 0 unspecified atom stereocenters. The Labute approximate surface area is 188 Å². The van der Waals surface area contributed by atoms with Gasteiger partial charge in [-0.2, -0.15) is 10.4 Å². The van der Waals surface area contributed by atoms with E-state index in [9.17, 15) is 20.2 Å². The molecule has 4 aromatic rings. The van der Waals surface area contributed by atoms with E-state index in [0.717, 1.165) is 16.8 Å². The quantitative estimate of drug-likeness (QED) is 0.254. The van der Waals surface area contributed by atoms with Gasteiger partial charge in [0.1, 0.15) is 23.1 Å². The molecule has 0 fully saturated rings. The average molecular weight is 436 g/mol. The first kappa shape index (κ1) is 21.2. The molecule has 8 nitrogen and oxygen atoms in total. The number of hydrogen-bond acceptors (Lipinski definition) is 6. The molecular formula is C25H16N4O4. The number of carbonyl (C=O) groups is 1. The van der Waals surface area contributed by atoms with Gasteiger partial charge in [-0.05, 0) is 40.6 Å². The summed E-state index contributed by atoms with van der Waals surface area (Å²) in [5, 5.41) is 26.0. The Hall–Kier alpha value is -5.03. The summed E-state index contributed by atoms with van der Waals surface area (Å²) in [6.07, 6.45) is 1.47. The molecule has 4 aromatic carbocycles. The number of carbonyl (C=O) groups excluding carboxylic acids is 1. The lowest BCUT2D eigenvalue weighted by molar-refractivity contribution is -0.384. The molecular weight excluding hydrogens is 420 g/mol. The van der Waals surface area contributed by atoms with Gasteiger partial charge in [0.05, 0.1) is 11.1 Å². The number of nitro groups is 1. The molecule has 0 spiro atoms. The smallest absolute Gasteiger partial charge is 0.271 e. The number of nitrogens with one attached hydrogen (secondary N) is 1. The SMILES string of the molecule is N#Cc1cc([N+](=O)[O-])ccc1Oc1cccc(/C=N\NC(=O)c2cccc3ccccc23)c1. The highest BCUT2D eigenvalue weighted by atomic mass is 16.6. The van der Waals surface area contributed by atoms with Crippen molar-refractivity contribution in [2.75, 3.05) is 0 Å². The Bertz CT molecular complexity index is 1430. The number of rotatable bonds is 6. The van der Waals surface area contributed by atoms with Crippen molar-refractivity contribution in [1.29, 1.82) is 5.26 Å². The third kappa shape index (κ3) is 4.84. The maximum absolute atomic E-state index is 12.6. The maximum atomic E-state index is 12.6. The zero-order valence-electron chi connectivity index (χ0n) is 17.1. The van der Waals surface area contributed by atoms with E-state index in [4.69, 9.17) is 4.74 Å². The Kier molecular flexibility index (Phi) is 6.05. The third-order valence-electron chi connectivity index (χ3n) is 4.79. The molecule has 0 atom stereocenters. The van der Waals surface area contributed by atoms with Crippen LogP contribution in [0.3, 0.4) is 0 Å². The van der Waals surface area contributed by atoms with Gasteiger partial charge in [0.25, 0.3) is 11.6 Å². The summed E-state index contributed by atoms with van der Waals surface area (Å²) < 4.78 is 5.73. The van der Waals surface area contributed by atoms with Crippen molar-refractivity contribution < 1.29 is 14.5 Å². The Morgan fingerprint density at radius 2 is 1.82 bits per heavy atom. The maximum Gasteiger partial charge on any atom is 0.271 e. The van der Waals surface area contributed by atoms with Gasteiger partial charge in [-0.25, -0.2) is 5.43 Å². The van der Waals surface area contributed by atoms with Crippen LogP contribution < -0.4 is 10.2 Å². The molecule has 0 saturated heterocycles. The molecule has 0 aliphatic rings. The van der Waals surface area contributed by atoms with Crippen LogP contribution in [-0.4, -0.2) is 17.0 Å². The van der Waals surface area contributed by atoms with Crippen LogP contribution in [0.1, 0.15) is 21.5 Å². The normalized spacial score (nSPS) is 10.6. The Morgan fingerprint density at radius 3 is 2.64 bits per heavy atom. The molecule has 0 aliphatic heterocycles. The van der Waals surface area contributed by atoms with Crippen molar-refractivity contribution >= 4 is 28.6 Å². The van der Waals surface area contributed by atoms with Crippen LogP contribution in [0.25, 0.3) is 10.8 Å². The van der Waals surface area contributed by atoms with Gasteiger partial charge in [-0.3, -0.25) is 14.9 Å². The summed E-state index contributed by atoms with van der Waals surface area (Å²) in [6, 6.07) is 25.6. The number of nitriles is 1. The number of amides is 1. The average Bonchev–Trinajstić information content (AvgIpc) is 2.84. The van der Waals surface area contributed by atoms with Crippen molar-refractivity contribution in [3.63, 3.8) is 0 Å². The number of nitro benzene ring substituents is 1. The molecule has 4 rings (SSSR count). The molecule has 160 valence electrons. The van der Waals surface area contributed by atoms with Gasteiger partial charge in [0, 0.05) is 17.7 Å². The minimum Gasteiger partial charge on any atom is -0.456 e. The number of benzene rings is 4. The van der Waals surface area contributed by atoms with E-state index < -0.39 is 4.92 Å². The van der Waals surface area contributed by atoms with Crippen LogP contribution in [0, 0.1) is 21.4 Å². The van der Waals surface area contributed by atoms with Crippen LogP contribution in [0.4, 0.5) is 5.69 Å². The van der Waals surface area contributed by atoms with Crippen LogP contribution in [0.15, 0.2) is 90.0 Å². The zero-order chi connectivity index (χ0) is 23.2. The lowest BCUT2D eigenvalue weighted by Crippen LogP contribution is -2.17. The van der Waals surface area contributed by atoms with Crippen molar-refractivity contribution in [2.45, 2.75) is 0 Å². The fraction of sp³-hybridized carbons (Fsp3) is 0. The minimum absolute atomic E-state index is 0.0469. The fourth-order valence-electron chi connectivity index (χ4n) is 3.24. The Balaban J connectivity index is 1.48. The summed E-state index contributed by atoms with van der Waals surface area (Å²) >= 11 is 0. The van der Waals surface area contributed by atoms with Crippen molar-refractivity contribution in [1.82, 2.24) is 5.43 Å². The topological polar surface area (TPSA) is 118 Å². The van der Waals surface area contributed by atoms with E-state index >= 15 is 0 Å². The summed E-state index contributed by atoms with van der Waals surface area (Å²) in [5.74, 6) is 0.270. The predicted molar refractivity (Wildman–Crippen MR) is 123 cm³/mol. The van der Waals surface area contributed by atoms with Crippen molar-refractivity contribution in [3.8, 4) is 17.6 Å². The second-order valence-electron chi connectivity index (χ2n) is 6.95. The number of fused-ring (bicyclic) bond motifs is 1. The molecule has 0 bridgehead atoms. The number of hydrogen-bond donors (Lipinski definition) is 1. The van der Waals surface area contributed by atoms with Gasteiger partial charge in [-0.1, -0.05) is 48.5 Å². The van der Waals surface area contributed by atoms with E-state index in [0.29, 0.717) is 16.9 Å². The highest BCUT2D eigenvalue weighted by Crippen LogP contribution is 2.28. The van der Waals surface area contributed by atoms with Crippen LogP contribution in [-0.2, 0) is 0 Å². The molecule has 0 heterocycles. The van der Waals surface area contributed by atoms with E-state index in [1.165, 1.54) is 18.3 Å². The molecule has 1 amide bonds. The molecule has 0 aliphatic carbocycles. The van der Waals surface area contributed by atoms with Crippen LogP contribution in [0.5, 0.6) is 11.5 Å². The monoisotopic (exact) mass is 436 g/mol. The standard InChI is InChI=1S/C25H16N4O4/c26-15-19-14-20(29(31)32)11-12-24(19)33-21-8-3-5-17(13-21)16-27-28-25(30)23-10-4-7-18-6-1-2-9-22(18)23/h1-14,16H,(H,28,30)/b27-16-. The van der Waals surface area contributed by atoms with Crippen molar-refractivity contribution in [2.24, 2.45) is 5.10 Å². The lowest BCUT2D eigenvalue weighted by atomic mass is 10.0. The third-order valence-corrected chi connectivity index (χ3v) is 4.79.